The van der Waals surface area contributed by atoms with Crippen LogP contribution < -0.4 is 0 Å². The van der Waals surface area contributed by atoms with Gasteiger partial charge in [0.2, 0.25) is 0 Å². The number of aliphatic hydroxyl groups excluding tert-OH is 4. The number of allylic oxidation sites excluding steroid dienone is 7. The fourth-order valence-electron chi connectivity index (χ4n) is 11.3. The zero-order chi connectivity index (χ0) is 82.1. The fraction of sp³-hybridized carbons (Fsp3) is 0.0729. The number of hydrogen-bond donors (Lipinski definition) is 4. The number of thiophene rings is 1. The van der Waals surface area contributed by atoms with E-state index in [1.807, 2.05) is 140 Å². The molecular weight excluding hydrogens is 2360 g/mol. The minimum absolute atomic E-state index is 0. The Morgan fingerprint density at radius 3 is 1.14 bits per heavy atom. The van der Waals surface area contributed by atoms with Crippen molar-refractivity contribution in [3.05, 3.63) is 374 Å². The van der Waals surface area contributed by atoms with E-state index in [-0.39, 0.29) is 194 Å². The zero-order valence-electron chi connectivity index (χ0n) is 65.1. The molecule has 0 saturated carbocycles. The summed E-state index contributed by atoms with van der Waals surface area (Å²) in [5, 5.41) is 49.9. The number of pyridine rings is 7. The maximum absolute atomic E-state index is 11.7. The molecule has 0 atom stereocenters. The number of rotatable bonds is 8. The zero-order valence-corrected chi connectivity index (χ0v) is 77.6. The van der Waals surface area contributed by atoms with E-state index in [1.54, 1.807) is 36.2 Å². The van der Waals surface area contributed by atoms with E-state index in [9.17, 15) is 32.3 Å². The van der Waals surface area contributed by atoms with Gasteiger partial charge in [-0.25, -0.2) is 0 Å². The van der Waals surface area contributed by atoms with Crippen LogP contribution >= 0.6 is 11.3 Å². The van der Waals surface area contributed by atoms with Crippen molar-refractivity contribution < 1.29 is 201 Å². The Labute approximate surface area is 808 Å². The van der Waals surface area contributed by atoms with Gasteiger partial charge in [-0.15, -0.1) is 106 Å². The molecule has 0 saturated heterocycles. The number of nitrogens with zero attached hydrogens (tertiary/aromatic N) is 7. The second-order valence-electron chi connectivity index (χ2n) is 25.2. The monoisotopic (exact) mass is 2440 g/mol. The first-order chi connectivity index (χ1) is 55.5. The molecule has 9 aromatic carbocycles. The minimum atomic E-state index is -4.94. The standard InChI is InChI=1S/C19H12N.2C15H10N.2C12H8N2.C8H5F3O2S.3C5H8O2.Eu.3Ir.Tb/c1-2-7-16-13-17(10-9-14(16)5-1)19-18-8-4-3-6-15(18)11-12-20-19;1-2-8-13-12(6-1)7-5-9-14(13)15-10-3-4-11-16-15;1-2-7-13(8-3-1)15-14-9-5-4-6-12(14)10-11-16-15;2*1-3-9-5-6-10-4-2-8-14-12(10)11(9)13-7-1;9-8(10,11)7(13)4-5(12)6-2-1-3-14-6;3*1-4(6)3-5(2)7;;;;;/h1-9,11-13H;1-8,10-11H;1-7,9-11H;2*1-8H;1-4,12H;3*3,6H,1-2H3;;;;;/q3*-1;;;;;;;;;;;. The first-order valence-electron chi connectivity index (χ1n) is 35.7. The number of aromatic nitrogens is 7. The smallest absolute Gasteiger partial charge is 0.454 e. The van der Waals surface area contributed by atoms with Crippen LogP contribution in [0.2, 0.25) is 0 Å². The molecule has 0 unspecified atom stereocenters. The van der Waals surface area contributed by atoms with Crippen LogP contribution in [-0.2, 0) is 79.5 Å². The molecule has 617 valence electrons. The second kappa shape index (κ2) is 53.1. The van der Waals surface area contributed by atoms with Crippen LogP contribution in [0.15, 0.2) is 351 Å². The number of aliphatic hydroxyl groups is 4. The van der Waals surface area contributed by atoms with Crippen LogP contribution in [0.25, 0.3) is 126 Å². The Morgan fingerprint density at radius 2 is 0.750 bits per heavy atom. The number of alkyl halides is 3. The summed E-state index contributed by atoms with van der Waals surface area (Å²) in [6.07, 6.45) is 11.5. The van der Waals surface area contributed by atoms with E-state index < -0.39 is 17.7 Å². The number of hydrogen-bond acceptors (Lipinski definition) is 16. The van der Waals surface area contributed by atoms with Crippen molar-refractivity contribution in [3.8, 4) is 33.8 Å². The van der Waals surface area contributed by atoms with Gasteiger partial charge in [0, 0.05) is 238 Å². The summed E-state index contributed by atoms with van der Waals surface area (Å²) in [6, 6.07) is 96.5. The molecule has 8 heterocycles. The number of ketones is 4. The maximum atomic E-state index is 11.7. The molecule has 0 amide bonds. The van der Waals surface area contributed by atoms with Crippen LogP contribution in [-0.4, -0.2) is 84.6 Å². The molecule has 120 heavy (non-hydrogen) atoms. The van der Waals surface area contributed by atoms with E-state index >= 15 is 0 Å². The number of halogens is 3. The van der Waals surface area contributed by atoms with Gasteiger partial charge in [0.25, 0.3) is 5.78 Å². The molecule has 4 N–H and O–H groups in total. The third kappa shape index (κ3) is 32.3. The Bertz CT molecular complexity index is 5890. The SMILES string of the molecule is CC(=O)C=C(C)O.CC(=O)C=C(C)O.CC(=O)C=C(C)O.O=C(C=C(O)c1cccs1)C(F)(F)F.[Eu].[Ir].[Ir].[Ir].[Tb].[c-]1cc2ccccc2cc1-c1nccc2ccccc12.[c-]1ccc2ccccc2c1-c1ccccn1.[c-]1ccccc1-c1nccc2ccccc12.c1cnc2c(c1)ccc1cccnc12.c1cnc2c(c1)ccc1cccnc12. The van der Waals surface area contributed by atoms with E-state index in [2.05, 4.69) is 180 Å². The molecule has 17 aromatic rings. The normalized spacial score (nSPS) is 10.7. The Morgan fingerprint density at radius 1 is 0.358 bits per heavy atom. The van der Waals surface area contributed by atoms with E-state index in [1.165, 1.54) is 109 Å². The number of carbonyl (C=O) groups is 4. The van der Waals surface area contributed by atoms with Crippen LogP contribution in [0.3, 0.4) is 0 Å². The Hall–Kier alpha value is -9.74. The molecule has 24 heteroatoms. The van der Waals surface area contributed by atoms with Gasteiger partial charge in [0.05, 0.1) is 44.2 Å². The third-order valence-electron chi connectivity index (χ3n) is 16.1. The van der Waals surface area contributed by atoms with Gasteiger partial charge in [-0.3, -0.25) is 39.1 Å². The molecular formula is C96H77EuF3Ir3N7O8STb-3. The molecule has 8 aromatic heterocycles. The van der Waals surface area contributed by atoms with Crippen molar-refractivity contribution in [2.45, 2.75) is 47.7 Å². The summed E-state index contributed by atoms with van der Waals surface area (Å²) in [6.45, 7) is 8.54. The van der Waals surface area contributed by atoms with Crippen molar-refractivity contribution in [1.82, 2.24) is 34.9 Å². The van der Waals surface area contributed by atoms with Crippen molar-refractivity contribution in [1.29, 1.82) is 0 Å². The number of fused-ring (bicyclic) bond motifs is 10. The molecule has 17 rings (SSSR count). The topological polar surface area (TPSA) is 239 Å². The fourth-order valence-corrected chi connectivity index (χ4v) is 11.9. The largest absolute Gasteiger partial charge is 0.512 e. The number of carbonyl (C=O) groups excluding carboxylic acids is 4. The van der Waals surface area contributed by atoms with Crippen molar-refractivity contribution >= 4 is 127 Å². The Balaban J connectivity index is 0.000000288. The third-order valence-corrected chi connectivity index (χ3v) is 17.0. The number of benzene rings is 9. The van der Waals surface area contributed by atoms with Crippen molar-refractivity contribution in [2.24, 2.45) is 0 Å². The van der Waals surface area contributed by atoms with Gasteiger partial charge in [0.15, 0.2) is 17.3 Å². The van der Waals surface area contributed by atoms with Crippen molar-refractivity contribution in [3.63, 3.8) is 0 Å². The van der Waals surface area contributed by atoms with Gasteiger partial charge in [-0.2, -0.15) is 13.2 Å². The summed E-state index contributed by atoms with van der Waals surface area (Å²) in [4.78, 5) is 71.4. The first kappa shape index (κ1) is 103. The van der Waals surface area contributed by atoms with Gasteiger partial charge < -0.3 is 35.4 Å². The van der Waals surface area contributed by atoms with Gasteiger partial charge in [0.1, 0.15) is 5.76 Å². The quantitative estimate of drug-likeness (QED) is 0.0479. The van der Waals surface area contributed by atoms with E-state index in [0.29, 0.717) is 0 Å². The molecule has 15 nitrogen and oxygen atoms in total. The van der Waals surface area contributed by atoms with E-state index in [4.69, 9.17) is 20.4 Å². The molecule has 5 radical (unpaired) electrons. The second-order valence-corrected chi connectivity index (χ2v) is 26.1. The maximum Gasteiger partial charge on any atom is 0.454 e. The summed E-state index contributed by atoms with van der Waals surface area (Å²) in [5.74, 6) is -2.92. The molecule has 0 aliphatic carbocycles. The molecule has 0 aliphatic rings. The predicted octanol–water partition coefficient (Wildman–Crippen LogP) is 23.7. The van der Waals surface area contributed by atoms with E-state index in [0.717, 1.165) is 88.7 Å². The van der Waals surface area contributed by atoms with Crippen LogP contribution in [0.1, 0.15) is 46.4 Å². The van der Waals surface area contributed by atoms with Crippen LogP contribution in [0, 0.1) is 106 Å². The van der Waals surface area contributed by atoms with Gasteiger partial charge in [-0.05, 0) is 134 Å². The molecule has 0 aliphatic heterocycles. The predicted molar refractivity (Wildman–Crippen MR) is 457 cm³/mol. The Kier molecular flexibility index (Phi) is 45.4. The summed E-state index contributed by atoms with van der Waals surface area (Å²) >= 11 is 1.05. The average Bonchev–Trinajstić information content (AvgIpc) is 0.896. The van der Waals surface area contributed by atoms with Crippen LogP contribution in [0.5, 0.6) is 0 Å². The van der Waals surface area contributed by atoms with Gasteiger partial charge >= 0.3 is 6.18 Å². The van der Waals surface area contributed by atoms with Crippen LogP contribution in [0.4, 0.5) is 13.2 Å². The summed E-state index contributed by atoms with van der Waals surface area (Å²) in [5.41, 5.74) is 10.0. The molecule has 0 spiro atoms. The van der Waals surface area contributed by atoms with Gasteiger partial charge in [-0.1, -0.05) is 175 Å². The first-order valence-corrected chi connectivity index (χ1v) is 36.6. The summed E-state index contributed by atoms with van der Waals surface area (Å²) in [7, 11) is 0. The molecule has 0 bridgehead atoms. The van der Waals surface area contributed by atoms with Crippen molar-refractivity contribution in [2.75, 3.05) is 0 Å². The summed E-state index contributed by atoms with van der Waals surface area (Å²) < 4.78 is 35.2. The minimum Gasteiger partial charge on any atom is -0.512 e. The molecule has 0 fully saturated rings. The average molecular weight is 2430 g/mol.